The van der Waals surface area contributed by atoms with Crippen molar-refractivity contribution in [3.05, 3.63) is 88.6 Å². The molecule has 190 valence electrons. The second-order valence-corrected chi connectivity index (χ2v) is 9.02. The quantitative estimate of drug-likeness (QED) is 0.369. The number of methoxy groups -OCH3 is 1. The lowest BCUT2D eigenvalue weighted by molar-refractivity contribution is 0.0683. The molecule has 2 aromatic carbocycles. The summed E-state index contributed by atoms with van der Waals surface area (Å²) in [5.74, 6) is -1.01. The van der Waals surface area contributed by atoms with E-state index in [1.54, 1.807) is 24.4 Å². The lowest BCUT2D eigenvalue weighted by Crippen LogP contribution is -2.46. The molecule has 1 aliphatic carbocycles. The highest BCUT2D eigenvalue weighted by atomic mass is 19.1. The number of amides is 2. The van der Waals surface area contributed by atoms with Gasteiger partial charge in [0, 0.05) is 12.4 Å². The molecule has 2 aromatic heterocycles. The predicted molar refractivity (Wildman–Crippen MR) is 133 cm³/mol. The standard InChI is InChI=1S/C27H26FN5O4/c1-16-8-9-19(17(2)14-16)15-33(27(35)36-3)31-24(34)23-25(30-26-29-12-5-13-32(23)26)37-21-7-4-6-20(22(21)28)18-10-11-18/h4-9,12-14,18H,10-11,15H2,1-3H3,(H,31,34). The largest absolute Gasteiger partial charge is 0.452 e. The normalized spacial score (nSPS) is 12.9. The minimum Gasteiger partial charge on any atom is -0.452 e. The van der Waals surface area contributed by atoms with Gasteiger partial charge in [-0.1, -0.05) is 35.9 Å². The minimum absolute atomic E-state index is 0.0399. The van der Waals surface area contributed by atoms with E-state index in [2.05, 4.69) is 15.4 Å². The summed E-state index contributed by atoms with van der Waals surface area (Å²) in [6, 6.07) is 12.3. The number of benzene rings is 2. The van der Waals surface area contributed by atoms with Crippen LogP contribution < -0.4 is 10.2 Å². The average Bonchev–Trinajstić information content (AvgIpc) is 3.66. The number of carbonyl (C=O) groups is 2. The van der Waals surface area contributed by atoms with E-state index in [1.165, 1.54) is 23.8 Å². The molecule has 2 amide bonds. The first kappa shape index (κ1) is 24.2. The molecule has 10 heteroatoms. The molecule has 1 saturated carbocycles. The Morgan fingerprint density at radius 2 is 2.00 bits per heavy atom. The van der Waals surface area contributed by atoms with Crippen LogP contribution in [0.2, 0.25) is 0 Å². The Balaban J connectivity index is 1.48. The average molecular weight is 504 g/mol. The van der Waals surface area contributed by atoms with Crippen LogP contribution >= 0.6 is 0 Å². The molecule has 1 N–H and O–H groups in total. The van der Waals surface area contributed by atoms with Crippen molar-refractivity contribution in [3.63, 3.8) is 0 Å². The summed E-state index contributed by atoms with van der Waals surface area (Å²) in [5.41, 5.74) is 5.98. The third kappa shape index (κ3) is 4.95. The first-order valence-corrected chi connectivity index (χ1v) is 11.9. The lowest BCUT2D eigenvalue weighted by atomic mass is 10.1. The molecule has 0 radical (unpaired) electrons. The molecule has 1 fully saturated rings. The number of carbonyl (C=O) groups excluding carboxylic acids is 2. The molecule has 9 nitrogen and oxygen atoms in total. The van der Waals surface area contributed by atoms with E-state index in [9.17, 15) is 9.59 Å². The van der Waals surface area contributed by atoms with E-state index in [0.717, 1.165) is 34.5 Å². The van der Waals surface area contributed by atoms with Crippen LogP contribution in [0.5, 0.6) is 11.6 Å². The van der Waals surface area contributed by atoms with Crippen LogP contribution in [0.3, 0.4) is 0 Å². The zero-order valence-electron chi connectivity index (χ0n) is 20.7. The molecule has 0 bridgehead atoms. The van der Waals surface area contributed by atoms with Crippen LogP contribution in [0.25, 0.3) is 5.78 Å². The van der Waals surface area contributed by atoms with Gasteiger partial charge in [-0.15, -0.1) is 0 Å². The predicted octanol–water partition coefficient (Wildman–Crippen LogP) is 5.07. The van der Waals surface area contributed by atoms with Crippen LogP contribution in [0.15, 0.2) is 54.9 Å². The van der Waals surface area contributed by atoms with Crippen molar-refractivity contribution in [1.82, 2.24) is 24.8 Å². The number of ether oxygens (including phenoxy) is 2. The zero-order valence-corrected chi connectivity index (χ0v) is 20.7. The number of imidazole rings is 1. The molecule has 0 spiro atoms. The van der Waals surface area contributed by atoms with Crippen LogP contribution in [0, 0.1) is 19.7 Å². The SMILES string of the molecule is COC(=O)N(Cc1ccc(C)cc1C)NC(=O)c1c(Oc2cccc(C3CC3)c2F)nc2ncccn12. The first-order valence-electron chi connectivity index (χ1n) is 11.9. The van der Waals surface area contributed by atoms with Crippen molar-refractivity contribution in [3.8, 4) is 11.6 Å². The second kappa shape index (κ2) is 9.88. The van der Waals surface area contributed by atoms with E-state index in [-0.39, 0.29) is 35.6 Å². The molecule has 0 saturated heterocycles. The Hall–Kier alpha value is -4.47. The summed E-state index contributed by atoms with van der Waals surface area (Å²) in [6.07, 6.45) is 4.20. The van der Waals surface area contributed by atoms with Gasteiger partial charge in [0.25, 0.3) is 11.8 Å². The van der Waals surface area contributed by atoms with Gasteiger partial charge in [0.2, 0.25) is 5.78 Å². The number of hydrazine groups is 1. The zero-order chi connectivity index (χ0) is 26.1. The Bertz CT molecular complexity index is 1500. The summed E-state index contributed by atoms with van der Waals surface area (Å²) in [4.78, 5) is 34.6. The fraction of sp³-hybridized carbons (Fsp3) is 0.259. The third-order valence-corrected chi connectivity index (χ3v) is 6.26. The highest BCUT2D eigenvalue weighted by Crippen LogP contribution is 2.43. The number of rotatable bonds is 6. The third-order valence-electron chi connectivity index (χ3n) is 6.26. The van der Waals surface area contributed by atoms with Gasteiger partial charge in [-0.05, 0) is 61.4 Å². The van der Waals surface area contributed by atoms with Gasteiger partial charge in [0.1, 0.15) is 0 Å². The van der Waals surface area contributed by atoms with Crippen molar-refractivity contribution in [2.24, 2.45) is 0 Å². The molecule has 5 rings (SSSR count). The van der Waals surface area contributed by atoms with Crippen molar-refractivity contribution in [2.75, 3.05) is 7.11 Å². The van der Waals surface area contributed by atoms with Crippen molar-refractivity contribution in [1.29, 1.82) is 0 Å². The summed E-state index contributed by atoms with van der Waals surface area (Å²) in [5, 5.41) is 1.06. The highest BCUT2D eigenvalue weighted by molar-refractivity contribution is 5.96. The Kier molecular flexibility index (Phi) is 6.47. The van der Waals surface area contributed by atoms with Gasteiger partial charge in [-0.2, -0.15) is 4.98 Å². The summed E-state index contributed by atoms with van der Waals surface area (Å²) in [6.45, 7) is 3.96. The molecule has 1 aliphatic rings. The minimum atomic E-state index is -0.758. The van der Waals surface area contributed by atoms with Gasteiger partial charge < -0.3 is 9.47 Å². The topological polar surface area (TPSA) is 98.1 Å². The Labute approximate surface area is 212 Å². The molecule has 37 heavy (non-hydrogen) atoms. The number of nitrogens with one attached hydrogen (secondary N) is 1. The van der Waals surface area contributed by atoms with E-state index in [1.807, 2.05) is 32.0 Å². The molecule has 0 atom stereocenters. The molecular weight excluding hydrogens is 477 g/mol. The number of halogens is 1. The van der Waals surface area contributed by atoms with Crippen LogP contribution in [-0.2, 0) is 11.3 Å². The maximum Gasteiger partial charge on any atom is 0.428 e. The summed E-state index contributed by atoms with van der Waals surface area (Å²) >= 11 is 0. The van der Waals surface area contributed by atoms with E-state index in [0.29, 0.717) is 5.56 Å². The van der Waals surface area contributed by atoms with Crippen LogP contribution in [0.4, 0.5) is 9.18 Å². The van der Waals surface area contributed by atoms with E-state index < -0.39 is 17.8 Å². The maximum atomic E-state index is 15.2. The first-order chi connectivity index (χ1) is 17.9. The number of fused-ring (bicyclic) bond motifs is 1. The lowest BCUT2D eigenvalue weighted by Gasteiger charge is -2.23. The maximum absolute atomic E-state index is 15.2. The van der Waals surface area contributed by atoms with Gasteiger partial charge in [-0.3, -0.25) is 14.6 Å². The van der Waals surface area contributed by atoms with Gasteiger partial charge in [-0.25, -0.2) is 19.2 Å². The number of hydrogen-bond acceptors (Lipinski definition) is 6. The highest BCUT2D eigenvalue weighted by Gasteiger charge is 2.30. The molecule has 0 aliphatic heterocycles. The fourth-order valence-corrected chi connectivity index (χ4v) is 4.19. The molecule has 4 aromatic rings. The smallest absolute Gasteiger partial charge is 0.428 e. The monoisotopic (exact) mass is 503 g/mol. The summed E-state index contributed by atoms with van der Waals surface area (Å²) in [7, 11) is 1.23. The van der Waals surface area contributed by atoms with E-state index in [4.69, 9.17) is 9.47 Å². The van der Waals surface area contributed by atoms with Gasteiger partial charge >= 0.3 is 6.09 Å². The summed E-state index contributed by atoms with van der Waals surface area (Å²) < 4.78 is 27.3. The van der Waals surface area contributed by atoms with E-state index >= 15 is 4.39 Å². The number of hydrogen-bond donors (Lipinski definition) is 1. The van der Waals surface area contributed by atoms with Crippen LogP contribution in [-0.4, -0.2) is 38.5 Å². The second-order valence-electron chi connectivity index (χ2n) is 9.02. The van der Waals surface area contributed by atoms with Gasteiger partial charge in [0.05, 0.1) is 13.7 Å². The fourth-order valence-electron chi connectivity index (χ4n) is 4.19. The number of aromatic nitrogens is 3. The van der Waals surface area contributed by atoms with Crippen molar-refractivity contribution >= 4 is 17.8 Å². The molecule has 2 heterocycles. The Morgan fingerprint density at radius 3 is 2.73 bits per heavy atom. The Morgan fingerprint density at radius 1 is 1.19 bits per heavy atom. The molecular formula is C27H26FN5O4. The van der Waals surface area contributed by atoms with Crippen molar-refractivity contribution < 1.29 is 23.5 Å². The molecule has 0 unspecified atom stereocenters. The number of aryl methyl sites for hydroxylation is 2. The van der Waals surface area contributed by atoms with Gasteiger partial charge in [0.15, 0.2) is 17.3 Å². The van der Waals surface area contributed by atoms with Crippen molar-refractivity contribution in [2.45, 2.75) is 39.2 Å². The van der Waals surface area contributed by atoms with Crippen LogP contribution in [0.1, 0.15) is 51.5 Å². The number of nitrogens with zero attached hydrogens (tertiary/aromatic N) is 4.